The highest BCUT2D eigenvalue weighted by atomic mass is 16.2. The second-order valence-corrected chi connectivity index (χ2v) is 7.34. The summed E-state index contributed by atoms with van der Waals surface area (Å²) in [6.45, 7) is 2.53. The summed E-state index contributed by atoms with van der Waals surface area (Å²) in [6, 6.07) is 15.7. The Labute approximate surface area is 152 Å². The lowest BCUT2D eigenvalue weighted by atomic mass is 9.95. The Kier molecular flexibility index (Phi) is 4.49. The number of nitrogens with zero attached hydrogens (tertiary/aromatic N) is 2. The van der Waals surface area contributed by atoms with E-state index in [2.05, 4.69) is 6.07 Å². The number of hydrogen-bond acceptors (Lipinski definition) is 2. The Balaban J connectivity index is 1.93. The van der Waals surface area contributed by atoms with Gasteiger partial charge in [-0.3, -0.25) is 13.9 Å². The van der Waals surface area contributed by atoms with E-state index in [1.165, 1.54) is 16.6 Å². The van der Waals surface area contributed by atoms with Crippen LogP contribution in [0.4, 0.5) is 0 Å². The molecule has 0 bridgehead atoms. The molecule has 0 aliphatic heterocycles. The zero-order valence-corrected chi connectivity index (χ0v) is 15.1. The van der Waals surface area contributed by atoms with Crippen LogP contribution in [0.15, 0.2) is 58.1 Å². The van der Waals surface area contributed by atoms with Crippen LogP contribution < -0.4 is 11.2 Å². The van der Waals surface area contributed by atoms with E-state index in [9.17, 15) is 9.59 Å². The molecule has 0 radical (unpaired) electrons. The van der Waals surface area contributed by atoms with E-state index in [0.717, 1.165) is 36.8 Å². The second kappa shape index (κ2) is 6.94. The van der Waals surface area contributed by atoms with E-state index in [-0.39, 0.29) is 17.3 Å². The van der Waals surface area contributed by atoms with Gasteiger partial charge in [-0.05, 0) is 37.5 Å². The number of aromatic nitrogens is 2. The molecule has 1 aromatic heterocycles. The number of hydrogen-bond donors (Lipinski definition) is 0. The van der Waals surface area contributed by atoms with Crippen molar-refractivity contribution in [2.45, 2.75) is 51.6 Å². The van der Waals surface area contributed by atoms with Crippen molar-refractivity contribution in [2.24, 2.45) is 0 Å². The lowest BCUT2D eigenvalue weighted by molar-refractivity contribution is 0.333. The van der Waals surface area contributed by atoms with Crippen LogP contribution in [0.1, 0.15) is 49.3 Å². The smallest absolute Gasteiger partial charge is 0.289 e. The molecular weight excluding hydrogens is 324 g/mol. The molecule has 0 N–H and O–H groups in total. The van der Waals surface area contributed by atoms with Crippen molar-refractivity contribution in [1.29, 1.82) is 0 Å². The Hall–Kier alpha value is -2.62. The van der Waals surface area contributed by atoms with Crippen LogP contribution in [0, 0.1) is 6.92 Å². The minimum Gasteiger partial charge on any atom is -0.289 e. The standard InChI is InChI=1S/C22H24N2O2/c1-16-8-7-9-17(14-16)15-23-20-13-6-5-12-19(20)21(25)24(22(23)26)18-10-3-2-4-11-18/h5-9,12-14,18H,2-4,10-11,15H2,1H3. The van der Waals surface area contributed by atoms with E-state index >= 15 is 0 Å². The third-order valence-electron chi connectivity index (χ3n) is 5.44. The van der Waals surface area contributed by atoms with Gasteiger partial charge >= 0.3 is 5.69 Å². The summed E-state index contributed by atoms with van der Waals surface area (Å²) in [7, 11) is 0. The molecule has 1 aliphatic carbocycles. The molecule has 4 nitrogen and oxygen atoms in total. The summed E-state index contributed by atoms with van der Waals surface area (Å²) in [6.07, 6.45) is 5.19. The fourth-order valence-corrected chi connectivity index (χ4v) is 4.15. The van der Waals surface area contributed by atoms with Crippen LogP contribution in [0.25, 0.3) is 10.9 Å². The van der Waals surface area contributed by atoms with E-state index in [4.69, 9.17) is 0 Å². The summed E-state index contributed by atoms with van der Waals surface area (Å²) >= 11 is 0. The van der Waals surface area contributed by atoms with Gasteiger partial charge in [-0.25, -0.2) is 4.79 Å². The molecule has 1 saturated carbocycles. The van der Waals surface area contributed by atoms with Gasteiger partial charge in [-0.1, -0.05) is 61.2 Å². The summed E-state index contributed by atoms with van der Waals surface area (Å²) in [4.78, 5) is 26.4. The maximum Gasteiger partial charge on any atom is 0.332 e. The maximum absolute atomic E-state index is 13.3. The molecule has 1 aliphatic rings. The van der Waals surface area contributed by atoms with Crippen molar-refractivity contribution in [1.82, 2.24) is 9.13 Å². The maximum atomic E-state index is 13.3. The highest BCUT2D eigenvalue weighted by molar-refractivity contribution is 5.78. The average molecular weight is 348 g/mol. The monoisotopic (exact) mass is 348 g/mol. The quantitative estimate of drug-likeness (QED) is 0.717. The number of fused-ring (bicyclic) bond motifs is 1. The summed E-state index contributed by atoms with van der Waals surface area (Å²) in [5.74, 6) is 0. The highest BCUT2D eigenvalue weighted by Crippen LogP contribution is 2.26. The summed E-state index contributed by atoms with van der Waals surface area (Å²) < 4.78 is 3.29. The van der Waals surface area contributed by atoms with Gasteiger partial charge in [0.2, 0.25) is 0 Å². The first-order chi connectivity index (χ1) is 12.6. The van der Waals surface area contributed by atoms with Gasteiger partial charge in [0.05, 0.1) is 17.4 Å². The predicted octanol–water partition coefficient (Wildman–Crippen LogP) is 4.03. The lowest BCUT2D eigenvalue weighted by Gasteiger charge is -2.25. The molecule has 1 heterocycles. The molecule has 26 heavy (non-hydrogen) atoms. The molecule has 1 fully saturated rings. The molecule has 0 amide bonds. The van der Waals surface area contributed by atoms with E-state index < -0.39 is 0 Å². The van der Waals surface area contributed by atoms with Crippen LogP contribution in [0.5, 0.6) is 0 Å². The van der Waals surface area contributed by atoms with Gasteiger partial charge in [0.1, 0.15) is 0 Å². The molecule has 0 atom stereocenters. The zero-order chi connectivity index (χ0) is 18.1. The van der Waals surface area contributed by atoms with Gasteiger partial charge in [0, 0.05) is 6.04 Å². The fraction of sp³-hybridized carbons (Fsp3) is 0.364. The Morgan fingerprint density at radius 2 is 1.73 bits per heavy atom. The molecule has 134 valence electrons. The van der Waals surface area contributed by atoms with Gasteiger partial charge < -0.3 is 0 Å². The fourth-order valence-electron chi connectivity index (χ4n) is 4.15. The SMILES string of the molecule is Cc1cccc(Cn2c(=O)n(C3CCCCC3)c(=O)c3ccccc32)c1. The summed E-state index contributed by atoms with van der Waals surface area (Å²) in [5.41, 5.74) is 2.64. The largest absolute Gasteiger partial charge is 0.332 e. The normalized spacial score (nSPS) is 15.4. The molecule has 0 unspecified atom stereocenters. The molecule has 0 saturated heterocycles. The number of aryl methyl sites for hydroxylation is 1. The molecule has 4 rings (SSSR count). The van der Waals surface area contributed by atoms with Crippen molar-refractivity contribution >= 4 is 10.9 Å². The highest BCUT2D eigenvalue weighted by Gasteiger charge is 2.22. The number of benzene rings is 2. The lowest BCUT2D eigenvalue weighted by Crippen LogP contribution is -2.43. The minimum absolute atomic E-state index is 0.0251. The van der Waals surface area contributed by atoms with Crippen LogP contribution in [0.3, 0.4) is 0 Å². The van der Waals surface area contributed by atoms with E-state index in [1.54, 1.807) is 4.57 Å². The van der Waals surface area contributed by atoms with Gasteiger partial charge in [0.25, 0.3) is 5.56 Å². The van der Waals surface area contributed by atoms with E-state index in [1.807, 2.05) is 49.4 Å². The first-order valence-electron chi connectivity index (χ1n) is 9.45. The minimum atomic E-state index is -0.179. The van der Waals surface area contributed by atoms with Crippen molar-refractivity contribution in [3.05, 3.63) is 80.5 Å². The van der Waals surface area contributed by atoms with Crippen molar-refractivity contribution in [3.8, 4) is 0 Å². The van der Waals surface area contributed by atoms with Crippen molar-refractivity contribution < 1.29 is 0 Å². The third kappa shape index (κ3) is 3.00. The average Bonchev–Trinajstić information content (AvgIpc) is 2.66. The Bertz CT molecular complexity index is 1060. The van der Waals surface area contributed by atoms with Gasteiger partial charge in [-0.2, -0.15) is 0 Å². The van der Waals surface area contributed by atoms with Crippen molar-refractivity contribution in [3.63, 3.8) is 0 Å². The first-order valence-corrected chi connectivity index (χ1v) is 9.45. The third-order valence-corrected chi connectivity index (χ3v) is 5.44. The van der Waals surface area contributed by atoms with E-state index in [0.29, 0.717) is 11.9 Å². The van der Waals surface area contributed by atoms with Crippen LogP contribution in [-0.2, 0) is 6.54 Å². The van der Waals surface area contributed by atoms with Gasteiger partial charge in [0.15, 0.2) is 0 Å². The molecule has 3 aromatic rings. The molecule has 4 heteroatoms. The second-order valence-electron chi connectivity index (χ2n) is 7.34. The van der Waals surface area contributed by atoms with Crippen LogP contribution in [0.2, 0.25) is 0 Å². The molecule has 0 spiro atoms. The van der Waals surface area contributed by atoms with Crippen molar-refractivity contribution in [2.75, 3.05) is 0 Å². The van der Waals surface area contributed by atoms with Gasteiger partial charge in [-0.15, -0.1) is 0 Å². The first kappa shape index (κ1) is 16.8. The Morgan fingerprint density at radius 1 is 0.962 bits per heavy atom. The van der Waals surface area contributed by atoms with Crippen LogP contribution in [-0.4, -0.2) is 9.13 Å². The number of para-hydroxylation sites is 1. The topological polar surface area (TPSA) is 44.0 Å². The molecular formula is C22H24N2O2. The molecule has 2 aromatic carbocycles. The van der Waals surface area contributed by atoms with Crippen LogP contribution >= 0.6 is 0 Å². The summed E-state index contributed by atoms with van der Waals surface area (Å²) in [5, 5.41) is 0.630. The predicted molar refractivity (Wildman–Crippen MR) is 105 cm³/mol. The Morgan fingerprint density at radius 3 is 2.50 bits per heavy atom. The number of rotatable bonds is 3. The zero-order valence-electron chi connectivity index (χ0n) is 15.1.